The molecule has 0 fully saturated rings. The number of rotatable bonds is 3. The molecule has 2 unspecified atom stereocenters. The van der Waals surface area contributed by atoms with Gasteiger partial charge in [0.25, 0.3) is 0 Å². The molecule has 2 atom stereocenters. The molecule has 0 radical (unpaired) electrons. The highest BCUT2D eigenvalue weighted by atomic mass is 19.1. The number of halogens is 1. The van der Waals surface area contributed by atoms with Crippen LogP contribution in [0.2, 0.25) is 0 Å². The molecular weight excluding hydrogens is 311 g/mol. The fourth-order valence-electron chi connectivity index (χ4n) is 3.41. The summed E-state index contributed by atoms with van der Waals surface area (Å²) in [6.45, 7) is 2.15. The molecule has 0 spiro atoms. The highest BCUT2D eigenvalue weighted by Gasteiger charge is 2.34. The van der Waals surface area contributed by atoms with Gasteiger partial charge < -0.3 is 4.90 Å². The monoisotopic (exact) mass is 330 g/mol. The van der Waals surface area contributed by atoms with E-state index in [-0.39, 0.29) is 18.0 Å². The van der Waals surface area contributed by atoms with Gasteiger partial charge in [-0.3, -0.25) is 4.99 Å². The molecule has 0 aliphatic carbocycles. The Hall–Kier alpha value is -2.94. The number of aliphatic imine (C=N–C) groups is 1. The first-order valence-corrected chi connectivity index (χ1v) is 8.46. The molecule has 0 aromatic heterocycles. The molecule has 0 saturated heterocycles. The third kappa shape index (κ3) is 2.93. The fourth-order valence-corrected chi connectivity index (χ4v) is 3.41. The summed E-state index contributed by atoms with van der Waals surface area (Å²) in [7, 11) is 0. The maximum Gasteiger partial charge on any atom is 0.148 e. The van der Waals surface area contributed by atoms with Gasteiger partial charge in [-0.2, -0.15) is 0 Å². The molecular formula is C22H19FN2. The average Bonchev–Trinajstić information content (AvgIpc) is 3.01. The molecule has 0 saturated carbocycles. The molecule has 0 amide bonds. The van der Waals surface area contributed by atoms with Gasteiger partial charge in [0.1, 0.15) is 12.0 Å². The van der Waals surface area contributed by atoms with Crippen molar-refractivity contribution in [1.29, 1.82) is 0 Å². The Morgan fingerprint density at radius 1 is 0.800 bits per heavy atom. The highest BCUT2D eigenvalue weighted by molar-refractivity contribution is 6.07. The molecule has 2 nitrogen and oxygen atoms in total. The summed E-state index contributed by atoms with van der Waals surface area (Å²) < 4.78 is 13.3. The van der Waals surface area contributed by atoms with Gasteiger partial charge in [-0.1, -0.05) is 60.7 Å². The van der Waals surface area contributed by atoms with Crippen molar-refractivity contribution in [3.63, 3.8) is 0 Å². The Balaban J connectivity index is 1.80. The Kier molecular flexibility index (Phi) is 4.06. The molecule has 3 aromatic carbocycles. The maximum atomic E-state index is 13.3. The van der Waals surface area contributed by atoms with E-state index in [9.17, 15) is 4.39 Å². The zero-order valence-electron chi connectivity index (χ0n) is 14.0. The maximum absolute atomic E-state index is 13.3. The van der Waals surface area contributed by atoms with E-state index in [1.807, 2.05) is 36.4 Å². The highest BCUT2D eigenvalue weighted by Crippen LogP contribution is 2.37. The van der Waals surface area contributed by atoms with E-state index in [0.717, 1.165) is 22.5 Å². The van der Waals surface area contributed by atoms with Gasteiger partial charge >= 0.3 is 0 Å². The number of hydrogen-bond acceptors (Lipinski definition) is 2. The number of nitrogens with zero attached hydrogens (tertiary/aromatic N) is 2. The molecule has 1 aliphatic heterocycles. The minimum absolute atomic E-state index is 0.0846. The lowest BCUT2D eigenvalue weighted by molar-refractivity contribution is 0.627. The van der Waals surface area contributed by atoms with Crippen molar-refractivity contribution in [3.05, 3.63) is 102 Å². The van der Waals surface area contributed by atoms with E-state index < -0.39 is 0 Å². The Morgan fingerprint density at radius 3 is 2.04 bits per heavy atom. The zero-order chi connectivity index (χ0) is 17.2. The summed E-state index contributed by atoms with van der Waals surface area (Å²) in [5.74, 6) is -0.227. The molecule has 0 bridgehead atoms. The first kappa shape index (κ1) is 15.6. The molecule has 4 rings (SSSR count). The second-order valence-electron chi connectivity index (χ2n) is 6.22. The number of para-hydroxylation sites is 1. The quantitative estimate of drug-likeness (QED) is 0.642. The van der Waals surface area contributed by atoms with Crippen molar-refractivity contribution in [3.8, 4) is 0 Å². The summed E-state index contributed by atoms with van der Waals surface area (Å²) in [4.78, 5) is 7.33. The second kappa shape index (κ2) is 6.52. The van der Waals surface area contributed by atoms with Gasteiger partial charge in [-0.05, 0) is 42.3 Å². The first-order chi connectivity index (χ1) is 12.2. The summed E-state index contributed by atoms with van der Waals surface area (Å²) >= 11 is 0. The SMILES string of the molecule is CC1C(c2ccc(F)cc2)=NC(c2ccccc2)N1c1ccccc1. The van der Waals surface area contributed by atoms with Gasteiger partial charge in [-0.25, -0.2) is 4.39 Å². The second-order valence-corrected chi connectivity index (χ2v) is 6.22. The summed E-state index contributed by atoms with van der Waals surface area (Å²) in [6.07, 6.45) is -0.0846. The summed E-state index contributed by atoms with van der Waals surface area (Å²) in [5.41, 5.74) is 4.23. The van der Waals surface area contributed by atoms with Gasteiger partial charge in [0.15, 0.2) is 0 Å². The van der Waals surface area contributed by atoms with Crippen LogP contribution in [0.15, 0.2) is 89.9 Å². The topological polar surface area (TPSA) is 15.6 Å². The third-order valence-electron chi connectivity index (χ3n) is 4.63. The molecule has 25 heavy (non-hydrogen) atoms. The van der Waals surface area contributed by atoms with Gasteiger partial charge in [0, 0.05) is 5.69 Å². The molecule has 3 heteroatoms. The zero-order valence-corrected chi connectivity index (χ0v) is 14.0. The predicted molar refractivity (Wildman–Crippen MR) is 101 cm³/mol. The van der Waals surface area contributed by atoms with Crippen molar-refractivity contribution in [1.82, 2.24) is 0 Å². The normalized spacial score (nSPS) is 19.8. The predicted octanol–water partition coefficient (Wildman–Crippen LogP) is 5.22. The number of anilines is 1. The molecule has 124 valence electrons. The lowest BCUT2D eigenvalue weighted by Crippen LogP contribution is -2.35. The van der Waals surface area contributed by atoms with Crippen LogP contribution < -0.4 is 4.90 Å². The van der Waals surface area contributed by atoms with E-state index in [0.29, 0.717) is 0 Å². The van der Waals surface area contributed by atoms with Crippen LogP contribution in [0.3, 0.4) is 0 Å². The van der Waals surface area contributed by atoms with Crippen LogP contribution in [0.4, 0.5) is 10.1 Å². The summed E-state index contributed by atoms with van der Waals surface area (Å²) in [6, 6.07) is 27.3. The lowest BCUT2D eigenvalue weighted by atomic mass is 10.0. The average molecular weight is 330 g/mol. The molecule has 3 aromatic rings. The fraction of sp³-hybridized carbons (Fsp3) is 0.136. The van der Waals surface area contributed by atoms with Crippen LogP contribution in [0.25, 0.3) is 0 Å². The molecule has 0 N–H and O–H groups in total. The van der Waals surface area contributed by atoms with Crippen LogP contribution >= 0.6 is 0 Å². The van der Waals surface area contributed by atoms with E-state index in [4.69, 9.17) is 4.99 Å². The van der Waals surface area contributed by atoms with Crippen LogP contribution in [0.1, 0.15) is 24.2 Å². The van der Waals surface area contributed by atoms with Crippen molar-refractivity contribution in [2.24, 2.45) is 4.99 Å². The van der Waals surface area contributed by atoms with Crippen molar-refractivity contribution in [2.75, 3.05) is 4.90 Å². The lowest BCUT2D eigenvalue weighted by Gasteiger charge is -2.30. The number of benzene rings is 3. The third-order valence-corrected chi connectivity index (χ3v) is 4.63. The van der Waals surface area contributed by atoms with Crippen molar-refractivity contribution < 1.29 is 4.39 Å². The first-order valence-electron chi connectivity index (χ1n) is 8.46. The van der Waals surface area contributed by atoms with E-state index in [1.165, 1.54) is 12.1 Å². The van der Waals surface area contributed by atoms with Crippen molar-refractivity contribution >= 4 is 11.4 Å². The standard InChI is InChI=1S/C22H19FN2/c1-16-21(17-12-14-19(23)15-13-17)24-22(18-8-4-2-5-9-18)25(16)20-10-6-3-7-11-20/h2-16,22H,1H3. The Bertz CT molecular complexity index is 873. The van der Waals surface area contributed by atoms with Crippen LogP contribution in [-0.2, 0) is 0 Å². The minimum Gasteiger partial charge on any atom is -0.337 e. The Morgan fingerprint density at radius 2 is 1.40 bits per heavy atom. The van der Waals surface area contributed by atoms with E-state index >= 15 is 0 Å². The Labute approximate surface area is 147 Å². The van der Waals surface area contributed by atoms with Crippen molar-refractivity contribution in [2.45, 2.75) is 19.1 Å². The van der Waals surface area contributed by atoms with Gasteiger partial charge in [0.05, 0.1) is 11.8 Å². The van der Waals surface area contributed by atoms with E-state index in [2.05, 4.69) is 36.1 Å². The molecule has 1 heterocycles. The smallest absolute Gasteiger partial charge is 0.148 e. The molecule has 1 aliphatic rings. The van der Waals surface area contributed by atoms with Crippen LogP contribution in [0, 0.1) is 5.82 Å². The summed E-state index contributed by atoms with van der Waals surface area (Å²) in [5, 5.41) is 0. The van der Waals surface area contributed by atoms with Gasteiger partial charge in [-0.15, -0.1) is 0 Å². The number of hydrogen-bond donors (Lipinski definition) is 0. The van der Waals surface area contributed by atoms with Gasteiger partial charge in [0.2, 0.25) is 0 Å². The van der Waals surface area contributed by atoms with E-state index in [1.54, 1.807) is 12.1 Å². The minimum atomic E-state index is -0.227. The van der Waals surface area contributed by atoms with Crippen LogP contribution in [-0.4, -0.2) is 11.8 Å². The van der Waals surface area contributed by atoms with Crippen LogP contribution in [0.5, 0.6) is 0 Å². The largest absolute Gasteiger partial charge is 0.337 e.